The Labute approximate surface area is 119 Å². The first-order chi connectivity index (χ1) is 8.82. The van der Waals surface area contributed by atoms with Gasteiger partial charge in [0, 0.05) is 5.75 Å². The van der Waals surface area contributed by atoms with Gasteiger partial charge in [-0.1, -0.05) is 37.6 Å². The molecule has 0 aliphatic heterocycles. The van der Waals surface area contributed by atoms with Crippen LogP contribution in [0.15, 0.2) is 24.3 Å². The molecule has 0 aromatic heterocycles. The van der Waals surface area contributed by atoms with Crippen molar-refractivity contribution >= 4 is 21.4 Å². The summed E-state index contributed by atoms with van der Waals surface area (Å²) in [7, 11) is -2.06. The monoisotopic (exact) mass is 306 g/mol. The number of aliphatic hydroxyl groups is 1. The highest BCUT2D eigenvalue weighted by Crippen LogP contribution is 2.40. The standard InChI is InChI=1S/C13H19ClO4S/c1-4-13(14,19(16,17)5-2)12(15)10-6-8-11(18-3)9-7-10/h6-9,12,15H,4-5H2,1-3H3/t12-,13+/m0/s1. The van der Waals surface area contributed by atoms with Crippen LogP contribution in [0.25, 0.3) is 0 Å². The maximum Gasteiger partial charge on any atom is 0.175 e. The Kier molecular flexibility index (Phi) is 5.24. The summed E-state index contributed by atoms with van der Waals surface area (Å²) < 4.78 is 27.5. The molecule has 108 valence electrons. The number of sulfone groups is 1. The van der Waals surface area contributed by atoms with E-state index in [0.29, 0.717) is 11.3 Å². The van der Waals surface area contributed by atoms with Crippen LogP contribution >= 0.6 is 11.6 Å². The molecule has 0 fully saturated rings. The van der Waals surface area contributed by atoms with Gasteiger partial charge in [0.1, 0.15) is 11.9 Å². The topological polar surface area (TPSA) is 63.6 Å². The largest absolute Gasteiger partial charge is 0.497 e. The molecular formula is C13H19ClO4S. The van der Waals surface area contributed by atoms with Crippen LogP contribution in [0.4, 0.5) is 0 Å². The van der Waals surface area contributed by atoms with E-state index in [1.165, 1.54) is 14.0 Å². The summed E-state index contributed by atoms with van der Waals surface area (Å²) in [6, 6.07) is 6.54. The maximum absolute atomic E-state index is 12.1. The van der Waals surface area contributed by atoms with Crippen LogP contribution in [0.1, 0.15) is 31.9 Å². The highest BCUT2D eigenvalue weighted by molar-refractivity contribution is 7.94. The highest BCUT2D eigenvalue weighted by Gasteiger charge is 2.46. The molecule has 1 aromatic rings. The van der Waals surface area contributed by atoms with Crippen LogP contribution in [0.5, 0.6) is 5.75 Å². The molecule has 1 aromatic carbocycles. The summed E-state index contributed by atoms with van der Waals surface area (Å²) in [4.78, 5) is 0. The molecule has 0 saturated heterocycles. The van der Waals surface area contributed by atoms with Gasteiger partial charge in [-0.25, -0.2) is 8.42 Å². The lowest BCUT2D eigenvalue weighted by Gasteiger charge is -2.30. The molecule has 0 spiro atoms. The Hall–Kier alpha value is -0.780. The van der Waals surface area contributed by atoms with Crippen molar-refractivity contribution in [3.8, 4) is 5.75 Å². The number of methoxy groups -OCH3 is 1. The number of ether oxygens (including phenoxy) is 1. The molecule has 0 aliphatic rings. The van der Waals surface area contributed by atoms with Crippen LogP contribution in [0, 0.1) is 0 Å². The quantitative estimate of drug-likeness (QED) is 0.820. The SMILES string of the molecule is CC[C@](Cl)([C@@H](O)c1ccc(OC)cc1)S(=O)(=O)CC. The lowest BCUT2D eigenvalue weighted by molar-refractivity contribution is 0.154. The summed E-state index contributed by atoms with van der Waals surface area (Å²) in [5, 5.41) is 10.3. The molecule has 0 unspecified atom stereocenters. The molecule has 0 heterocycles. The van der Waals surface area contributed by atoms with Crippen LogP contribution in [0.3, 0.4) is 0 Å². The number of aliphatic hydroxyl groups excluding tert-OH is 1. The molecule has 4 nitrogen and oxygen atoms in total. The summed E-state index contributed by atoms with van der Waals surface area (Å²) in [6.45, 7) is 3.16. The minimum atomic E-state index is -3.59. The Morgan fingerprint density at radius 1 is 1.32 bits per heavy atom. The maximum atomic E-state index is 12.1. The fourth-order valence-electron chi connectivity index (χ4n) is 1.86. The first-order valence-electron chi connectivity index (χ1n) is 6.05. The van der Waals surface area contributed by atoms with Gasteiger partial charge >= 0.3 is 0 Å². The van der Waals surface area contributed by atoms with Gasteiger partial charge in [0.2, 0.25) is 0 Å². The van der Waals surface area contributed by atoms with Crippen molar-refractivity contribution in [1.29, 1.82) is 0 Å². The van der Waals surface area contributed by atoms with Crippen LogP contribution < -0.4 is 4.74 Å². The van der Waals surface area contributed by atoms with Gasteiger partial charge in [0.25, 0.3) is 0 Å². The molecule has 1 rings (SSSR count). The van der Waals surface area contributed by atoms with E-state index in [9.17, 15) is 13.5 Å². The van der Waals surface area contributed by atoms with E-state index in [1.807, 2.05) is 0 Å². The average Bonchev–Trinajstić information content (AvgIpc) is 2.45. The number of hydrogen-bond donors (Lipinski definition) is 1. The van der Waals surface area contributed by atoms with Crippen molar-refractivity contribution in [3.63, 3.8) is 0 Å². The van der Waals surface area contributed by atoms with Crippen molar-refractivity contribution in [3.05, 3.63) is 29.8 Å². The van der Waals surface area contributed by atoms with E-state index >= 15 is 0 Å². The minimum Gasteiger partial charge on any atom is -0.497 e. The second-order valence-corrected chi connectivity index (χ2v) is 7.65. The number of benzene rings is 1. The van der Waals surface area contributed by atoms with Gasteiger partial charge in [-0.2, -0.15) is 0 Å². The van der Waals surface area contributed by atoms with Gasteiger partial charge in [-0.15, -0.1) is 0 Å². The van der Waals surface area contributed by atoms with Gasteiger partial charge in [0.05, 0.1) is 7.11 Å². The lowest BCUT2D eigenvalue weighted by Crippen LogP contribution is -2.39. The fraction of sp³-hybridized carbons (Fsp3) is 0.538. The third-order valence-electron chi connectivity index (χ3n) is 3.22. The van der Waals surface area contributed by atoms with Crippen LogP contribution in [-0.2, 0) is 9.84 Å². The van der Waals surface area contributed by atoms with Gasteiger partial charge in [-0.3, -0.25) is 0 Å². The Morgan fingerprint density at radius 2 is 1.84 bits per heavy atom. The molecule has 0 radical (unpaired) electrons. The first kappa shape index (κ1) is 16.3. The van der Waals surface area contributed by atoms with Crippen molar-refractivity contribution in [1.82, 2.24) is 0 Å². The third kappa shape index (κ3) is 3.04. The second-order valence-electron chi connectivity index (χ2n) is 4.22. The molecule has 19 heavy (non-hydrogen) atoms. The van der Waals surface area contributed by atoms with Gasteiger partial charge in [-0.05, 0) is 24.1 Å². The van der Waals surface area contributed by atoms with E-state index in [1.54, 1.807) is 31.2 Å². The summed E-state index contributed by atoms with van der Waals surface area (Å²) in [5.41, 5.74) is 0.453. The summed E-state index contributed by atoms with van der Waals surface area (Å²) in [6.07, 6.45) is -1.16. The van der Waals surface area contributed by atoms with E-state index < -0.39 is 20.1 Å². The Balaban J connectivity index is 3.17. The normalized spacial score (nSPS) is 16.7. The molecule has 1 N–H and O–H groups in total. The Morgan fingerprint density at radius 3 is 2.21 bits per heavy atom. The van der Waals surface area contributed by atoms with E-state index in [-0.39, 0.29) is 12.2 Å². The zero-order valence-electron chi connectivity index (χ0n) is 11.3. The summed E-state index contributed by atoms with van der Waals surface area (Å²) in [5.74, 6) is 0.517. The first-order valence-corrected chi connectivity index (χ1v) is 8.08. The second kappa shape index (κ2) is 6.11. The smallest absolute Gasteiger partial charge is 0.175 e. The van der Waals surface area contributed by atoms with E-state index in [0.717, 1.165) is 0 Å². The molecule has 0 bridgehead atoms. The predicted molar refractivity (Wildman–Crippen MR) is 76.3 cm³/mol. The lowest BCUT2D eigenvalue weighted by atomic mass is 10.0. The van der Waals surface area contributed by atoms with E-state index in [2.05, 4.69) is 0 Å². The number of hydrogen-bond acceptors (Lipinski definition) is 4. The number of halogens is 1. The third-order valence-corrected chi connectivity index (χ3v) is 6.70. The zero-order valence-corrected chi connectivity index (χ0v) is 12.8. The van der Waals surface area contributed by atoms with Crippen molar-refractivity contribution in [2.75, 3.05) is 12.9 Å². The van der Waals surface area contributed by atoms with Crippen LogP contribution in [0.2, 0.25) is 0 Å². The molecule has 0 aliphatic carbocycles. The van der Waals surface area contributed by atoms with E-state index in [4.69, 9.17) is 16.3 Å². The molecule has 6 heteroatoms. The minimum absolute atomic E-state index is 0.114. The number of alkyl halides is 1. The fourth-order valence-corrected chi connectivity index (χ4v) is 3.71. The van der Waals surface area contributed by atoms with Crippen LogP contribution in [-0.4, -0.2) is 30.6 Å². The predicted octanol–water partition coefficient (Wildman–Crippen LogP) is 2.51. The van der Waals surface area contributed by atoms with Crippen molar-refractivity contribution in [2.24, 2.45) is 0 Å². The highest BCUT2D eigenvalue weighted by atomic mass is 35.5. The molecule has 0 saturated carbocycles. The summed E-state index contributed by atoms with van der Waals surface area (Å²) >= 11 is 6.20. The van der Waals surface area contributed by atoms with Gasteiger partial charge in [0.15, 0.2) is 14.0 Å². The molecule has 0 amide bonds. The van der Waals surface area contributed by atoms with Crippen molar-refractivity contribution < 1.29 is 18.3 Å². The zero-order chi connectivity index (χ0) is 14.7. The van der Waals surface area contributed by atoms with Crippen molar-refractivity contribution in [2.45, 2.75) is 30.6 Å². The average molecular weight is 307 g/mol. The Bertz CT molecular complexity index is 512. The molecular weight excluding hydrogens is 288 g/mol. The number of rotatable bonds is 6. The molecule has 2 atom stereocenters. The van der Waals surface area contributed by atoms with Gasteiger partial charge < -0.3 is 9.84 Å².